The number of phenolic OH excluding ortho intramolecular Hbond substituents is 1. The van der Waals surface area contributed by atoms with Crippen molar-refractivity contribution in [2.75, 3.05) is 13.1 Å². The Morgan fingerprint density at radius 2 is 1.50 bits per heavy atom. The zero-order valence-corrected chi connectivity index (χ0v) is 20.1. The van der Waals surface area contributed by atoms with Crippen LogP contribution in [0.2, 0.25) is 0 Å². The highest BCUT2D eigenvalue weighted by Gasteiger charge is 2.25. The summed E-state index contributed by atoms with van der Waals surface area (Å²) in [4.78, 5) is 24.6. The first kappa shape index (κ1) is 23.7. The molecule has 1 aliphatic heterocycles. The summed E-state index contributed by atoms with van der Waals surface area (Å²) in [6.07, 6.45) is 0.427. The number of phenols is 1. The van der Waals surface area contributed by atoms with Gasteiger partial charge in [-0.3, -0.25) is 4.79 Å². The Balaban J connectivity index is 1.29. The van der Waals surface area contributed by atoms with E-state index >= 15 is 0 Å². The second-order valence-electron chi connectivity index (χ2n) is 8.69. The molecule has 1 amide bonds. The number of amides is 1. The van der Waals surface area contributed by atoms with Gasteiger partial charge >= 0.3 is 5.97 Å². The number of hydrogen-bond acceptors (Lipinski definition) is 4. The van der Waals surface area contributed by atoms with E-state index in [0.717, 1.165) is 34.5 Å². The lowest BCUT2D eigenvalue weighted by atomic mass is 9.98. The quantitative estimate of drug-likeness (QED) is 0.316. The smallest absolute Gasteiger partial charge is 0.335 e. The van der Waals surface area contributed by atoms with Crippen LogP contribution in [0, 0.1) is 0 Å². The Morgan fingerprint density at radius 1 is 0.861 bits per heavy atom. The summed E-state index contributed by atoms with van der Waals surface area (Å²) in [5, 5.41) is 24.3. The number of nitrogens with one attached hydrogen (secondary N) is 1. The van der Waals surface area contributed by atoms with Gasteiger partial charge in [0.1, 0.15) is 16.7 Å². The summed E-state index contributed by atoms with van der Waals surface area (Å²) in [6, 6.07) is 22.8. The van der Waals surface area contributed by atoms with Gasteiger partial charge in [0.2, 0.25) is 0 Å². The molecule has 4 aromatic carbocycles. The van der Waals surface area contributed by atoms with Gasteiger partial charge in [-0.1, -0.05) is 42.5 Å². The molecule has 7 nitrogen and oxygen atoms in total. The zero-order chi connectivity index (χ0) is 25.2. The number of aromatic carboxylic acids is 1. The predicted molar refractivity (Wildman–Crippen MR) is 137 cm³/mol. The number of carbonyl (C=O) groups is 2. The van der Waals surface area contributed by atoms with Gasteiger partial charge in [0.05, 0.1) is 10.5 Å². The lowest BCUT2D eigenvalue weighted by Crippen LogP contribution is -2.22. The van der Waals surface area contributed by atoms with E-state index in [2.05, 4.69) is 5.32 Å². The Labute approximate surface area is 210 Å². The van der Waals surface area contributed by atoms with Crippen molar-refractivity contribution < 1.29 is 24.0 Å². The van der Waals surface area contributed by atoms with Gasteiger partial charge in [0, 0.05) is 37.0 Å². The Kier molecular flexibility index (Phi) is 6.54. The van der Waals surface area contributed by atoms with Crippen molar-refractivity contribution in [3.63, 3.8) is 0 Å². The maximum atomic E-state index is 12.8. The molecule has 1 unspecified atom stereocenters. The molecule has 0 radical (unpaired) electrons. The molecule has 0 saturated carbocycles. The molecule has 1 fully saturated rings. The van der Waals surface area contributed by atoms with Crippen molar-refractivity contribution in [2.45, 2.75) is 17.9 Å². The minimum atomic E-state index is -1.11. The summed E-state index contributed by atoms with van der Waals surface area (Å²) < 4.78 is 14.1. The van der Waals surface area contributed by atoms with E-state index in [1.807, 2.05) is 40.7 Å². The molecule has 0 aliphatic carbocycles. The summed E-state index contributed by atoms with van der Waals surface area (Å²) in [5.74, 6) is -1.15. The molecule has 0 spiro atoms. The normalized spacial score (nSPS) is 13.9. The van der Waals surface area contributed by atoms with Crippen molar-refractivity contribution in [2.24, 2.45) is 0 Å². The molecule has 1 heterocycles. The molecule has 1 aliphatic rings. The largest absolute Gasteiger partial charge is 0.507 e. The van der Waals surface area contributed by atoms with E-state index in [1.54, 1.807) is 30.3 Å². The van der Waals surface area contributed by atoms with Gasteiger partial charge < -0.3 is 15.5 Å². The topological polar surface area (TPSA) is 107 Å². The third-order valence-corrected chi connectivity index (χ3v) is 7.66. The van der Waals surface area contributed by atoms with Crippen LogP contribution in [0.15, 0.2) is 83.8 Å². The highest BCUT2D eigenvalue weighted by molar-refractivity contribution is 7.83. The SMILES string of the molecule is O=C(O)c1ccc(Cc2ccc3ccc(C(=O)NCc4ccc(S(=O)N5CC5)cc4)cc3c2O)cc1. The van der Waals surface area contributed by atoms with Crippen LogP contribution < -0.4 is 5.32 Å². The van der Waals surface area contributed by atoms with Crippen LogP contribution in [-0.4, -0.2) is 43.7 Å². The Bertz CT molecular complexity index is 1480. The number of rotatable bonds is 8. The molecule has 4 aromatic rings. The van der Waals surface area contributed by atoms with Crippen LogP contribution in [0.25, 0.3) is 10.8 Å². The highest BCUT2D eigenvalue weighted by atomic mass is 32.2. The van der Waals surface area contributed by atoms with Crippen molar-refractivity contribution in [1.82, 2.24) is 9.62 Å². The standard InChI is InChI=1S/C28H24N2O5S/c31-26-22(15-18-1-5-21(6-2-18)28(33)34)9-7-20-8-10-23(16-25(20)26)27(32)29-17-19-3-11-24(12-4-19)36(35)30-13-14-30/h1-12,16,31H,13-15,17H2,(H,29,32)(H,33,34). The minimum Gasteiger partial charge on any atom is -0.507 e. The number of carboxylic acid groups (broad SMARTS) is 1. The first-order valence-electron chi connectivity index (χ1n) is 11.5. The number of aromatic hydroxyl groups is 1. The first-order chi connectivity index (χ1) is 17.4. The summed E-state index contributed by atoms with van der Waals surface area (Å²) in [5.41, 5.74) is 3.09. The van der Waals surface area contributed by atoms with Crippen LogP contribution in [0.5, 0.6) is 5.75 Å². The Morgan fingerprint density at radius 3 is 2.17 bits per heavy atom. The highest BCUT2D eigenvalue weighted by Crippen LogP contribution is 2.31. The number of nitrogens with zero attached hydrogens (tertiary/aromatic N) is 1. The third kappa shape index (κ3) is 5.15. The van der Waals surface area contributed by atoms with E-state index < -0.39 is 17.0 Å². The van der Waals surface area contributed by atoms with Crippen LogP contribution in [0.3, 0.4) is 0 Å². The van der Waals surface area contributed by atoms with Gasteiger partial charge in [-0.15, -0.1) is 0 Å². The lowest BCUT2D eigenvalue weighted by molar-refractivity contribution is 0.0696. The van der Waals surface area contributed by atoms with E-state index in [-0.39, 0.29) is 17.2 Å². The van der Waals surface area contributed by atoms with Gasteiger partial charge in [-0.25, -0.2) is 13.3 Å². The van der Waals surface area contributed by atoms with Crippen LogP contribution in [-0.2, 0) is 24.0 Å². The van der Waals surface area contributed by atoms with Gasteiger partial charge in [0.25, 0.3) is 5.91 Å². The molecule has 0 bridgehead atoms. The number of hydrogen-bond donors (Lipinski definition) is 3. The molecule has 8 heteroatoms. The minimum absolute atomic E-state index is 0.0967. The monoisotopic (exact) mass is 500 g/mol. The maximum Gasteiger partial charge on any atom is 0.335 e. The molecule has 3 N–H and O–H groups in total. The number of fused-ring (bicyclic) bond motifs is 1. The van der Waals surface area contributed by atoms with E-state index in [1.165, 1.54) is 12.1 Å². The molecule has 182 valence electrons. The summed E-state index contributed by atoms with van der Waals surface area (Å²) >= 11 is 0. The van der Waals surface area contributed by atoms with Crippen molar-refractivity contribution in [3.8, 4) is 5.75 Å². The van der Waals surface area contributed by atoms with Crippen LogP contribution in [0.4, 0.5) is 0 Å². The summed E-state index contributed by atoms with van der Waals surface area (Å²) in [7, 11) is -1.11. The fourth-order valence-electron chi connectivity index (χ4n) is 3.98. The fourth-order valence-corrected chi connectivity index (χ4v) is 5.06. The van der Waals surface area contributed by atoms with Crippen molar-refractivity contribution in [1.29, 1.82) is 0 Å². The fraction of sp³-hybridized carbons (Fsp3) is 0.143. The molecule has 36 heavy (non-hydrogen) atoms. The van der Waals surface area contributed by atoms with Crippen LogP contribution in [0.1, 0.15) is 37.4 Å². The average molecular weight is 501 g/mol. The molecular weight excluding hydrogens is 476 g/mol. The number of carboxylic acids is 1. The second-order valence-corrected chi connectivity index (χ2v) is 10.2. The van der Waals surface area contributed by atoms with E-state index in [0.29, 0.717) is 29.5 Å². The molecule has 0 aromatic heterocycles. The van der Waals surface area contributed by atoms with Gasteiger partial charge in [-0.2, -0.15) is 0 Å². The second kappa shape index (κ2) is 9.93. The number of carbonyl (C=O) groups excluding carboxylic acids is 1. The maximum absolute atomic E-state index is 12.8. The van der Waals surface area contributed by atoms with E-state index in [9.17, 15) is 18.9 Å². The van der Waals surface area contributed by atoms with Crippen molar-refractivity contribution >= 4 is 33.6 Å². The van der Waals surface area contributed by atoms with Crippen molar-refractivity contribution in [3.05, 3.63) is 107 Å². The van der Waals surface area contributed by atoms with Gasteiger partial charge in [-0.05, 0) is 58.5 Å². The molecule has 1 atom stereocenters. The third-order valence-electron chi connectivity index (χ3n) is 6.15. The first-order valence-corrected chi connectivity index (χ1v) is 12.6. The van der Waals surface area contributed by atoms with E-state index in [4.69, 9.17) is 5.11 Å². The van der Waals surface area contributed by atoms with Gasteiger partial charge in [0.15, 0.2) is 0 Å². The Hall–Kier alpha value is -4.01. The average Bonchev–Trinajstić information content (AvgIpc) is 3.75. The molecule has 1 saturated heterocycles. The predicted octanol–water partition coefficient (Wildman–Crippen LogP) is 4.10. The summed E-state index contributed by atoms with van der Waals surface area (Å²) in [6.45, 7) is 2.03. The molecular formula is C28H24N2O5S. The molecule has 5 rings (SSSR count). The lowest BCUT2D eigenvalue weighted by Gasteiger charge is -2.11. The van der Waals surface area contributed by atoms with Crippen LogP contribution >= 0.6 is 0 Å². The number of benzene rings is 4. The zero-order valence-electron chi connectivity index (χ0n) is 19.3.